The van der Waals surface area contributed by atoms with Crippen molar-refractivity contribution in [2.75, 3.05) is 13.2 Å². The van der Waals surface area contributed by atoms with Crippen molar-refractivity contribution in [3.63, 3.8) is 0 Å². The molecule has 2 fully saturated rings. The zero-order valence-corrected chi connectivity index (χ0v) is 20.2. The fourth-order valence-corrected chi connectivity index (χ4v) is 5.15. The van der Waals surface area contributed by atoms with Gasteiger partial charge in [0.15, 0.2) is 0 Å². The summed E-state index contributed by atoms with van der Waals surface area (Å²) in [5.74, 6) is -0.521. The third-order valence-corrected chi connectivity index (χ3v) is 7.53. The molecule has 1 amide bonds. The highest BCUT2D eigenvalue weighted by Gasteiger charge is 2.34. The van der Waals surface area contributed by atoms with Gasteiger partial charge in [-0.1, -0.05) is 6.42 Å². The van der Waals surface area contributed by atoms with E-state index in [4.69, 9.17) is 9.47 Å². The number of rotatable bonds is 8. The number of carbonyl (C=O) groups excluding carboxylic acids is 1. The standard InChI is InChI=1S/C25H25F3N4O3S/c26-25(27,28)24-31-11-15(12-32-24)10-29-22(33)17-7-18(23-30-13-21(36-23)16-3-1-4-16)9-20(8-17)35-14-19-5-2-6-34-19/h7-9,11-13,16,19H,1-6,10,14H2,(H,29,33)/t19-/m0/s1. The molecule has 11 heteroatoms. The van der Waals surface area contributed by atoms with Gasteiger partial charge in [-0.25, -0.2) is 15.0 Å². The molecule has 7 nitrogen and oxygen atoms in total. The van der Waals surface area contributed by atoms with Crippen LogP contribution in [-0.2, 0) is 17.5 Å². The van der Waals surface area contributed by atoms with Crippen molar-refractivity contribution < 1.29 is 27.4 Å². The molecule has 0 bridgehead atoms. The Kier molecular flexibility index (Phi) is 7.20. The summed E-state index contributed by atoms with van der Waals surface area (Å²) in [4.78, 5) is 25.5. The van der Waals surface area contributed by atoms with Gasteiger partial charge in [0.25, 0.3) is 5.91 Å². The molecule has 1 atom stereocenters. The molecule has 5 rings (SSSR count). The smallest absolute Gasteiger partial charge is 0.451 e. The lowest BCUT2D eigenvalue weighted by atomic mass is 9.85. The summed E-state index contributed by atoms with van der Waals surface area (Å²) in [7, 11) is 0. The first-order valence-corrected chi connectivity index (χ1v) is 12.7. The summed E-state index contributed by atoms with van der Waals surface area (Å²) in [5.41, 5.74) is 1.49. The van der Waals surface area contributed by atoms with Gasteiger partial charge in [0, 0.05) is 53.3 Å². The van der Waals surface area contributed by atoms with Crippen LogP contribution in [0.2, 0.25) is 0 Å². The second kappa shape index (κ2) is 10.5. The van der Waals surface area contributed by atoms with Crippen molar-refractivity contribution in [2.24, 2.45) is 0 Å². The summed E-state index contributed by atoms with van der Waals surface area (Å²) < 4.78 is 49.7. The molecular formula is C25H25F3N4O3S. The highest BCUT2D eigenvalue weighted by molar-refractivity contribution is 7.15. The van der Waals surface area contributed by atoms with E-state index in [1.165, 1.54) is 24.1 Å². The van der Waals surface area contributed by atoms with Gasteiger partial charge in [0.05, 0.1) is 6.10 Å². The van der Waals surface area contributed by atoms with E-state index in [-0.39, 0.29) is 12.6 Å². The number of benzene rings is 1. The van der Waals surface area contributed by atoms with Crippen LogP contribution in [0.3, 0.4) is 0 Å². The molecule has 2 aliphatic rings. The number of hydrogen-bond donors (Lipinski definition) is 1. The van der Waals surface area contributed by atoms with E-state index < -0.39 is 17.9 Å². The lowest BCUT2D eigenvalue weighted by Crippen LogP contribution is -2.23. The quantitative estimate of drug-likeness (QED) is 0.431. The number of halogens is 3. The van der Waals surface area contributed by atoms with E-state index in [2.05, 4.69) is 20.3 Å². The maximum absolute atomic E-state index is 13.0. The maximum atomic E-state index is 13.0. The summed E-state index contributed by atoms with van der Waals surface area (Å²) >= 11 is 1.62. The number of alkyl halides is 3. The van der Waals surface area contributed by atoms with Crippen LogP contribution in [-0.4, -0.2) is 40.2 Å². The second-order valence-electron chi connectivity index (χ2n) is 8.98. The van der Waals surface area contributed by atoms with Crippen LogP contribution in [0.1, 0.15) is 64.6 Å². The molecule has 0 spiro atoms. The Balaban J connectivity index is 1.32. The molecule has 1 aromatic carbocycles. The van der Waals surface area contributed by atoms with E-state index in [1.807, 2.05) is 12.3 Å². The molecule has 0 radical (unpaired) electrons. The van der Waals surface area contributed by atoms with Gasteiger partial charge in [-0.15, -0.1) is 11.3 Å². The highest BCUT2D eigenvalue weighted by Crippen LogP contribution is 2.41. The van der Waals surface area contributed by atoms with Crippen LogP contribution < -0.4 is 10.1 Å². The van der Waals surface area contributed by atoms with Gasteiger partial charge in [0.2, 0.25) is 5.82 Å². The van der Waals surface area contributed by atoms with E-state index in [0.29, 0.717) is 29.4 Å². The fraction of sp³-hybridized carbons (Fsp3) is 0.440. The first kappa shape index (κ1) is 24.6. The average Bonchev–Trinajstić information content (AvgIpc) is 3.52. The number of aromatic nitrogens is 3. The minimum Gasteiger partial charge on any atom is -0.491 e. The molecule has 36 heavy (non-hydrogen) atoms. The van der Waals surface area contributed by atoms with Crippen LogP contribution in [0.15, 0.2) is 36.8 Å². The van der Waals surface area contributed by atoms with Gasteiger partial charge in [-0.05, 0) is 49.8 Å². The zero-order valence-electron chi connectivity index (χ0n) is 19.4. The first-order valence-electron chi connectivity index (χ1n) is 11.9. The van der Waals surface area contributed by atoms with Crippen LogP contribution in [0.25, 0.3) is 10.6 Å². The molecule has 190 valence electrons. The molecule has 1 saturated heterocycles. The van der Waals surface area contributed by atoms with Gasteiger partial charge in [-0.2, -0.15) is 13.2 Å². The molecule has 3 aromatic rings. The molecular weight excluding hydrogens is 493 g/mol. The Morgan fingerprint density at radius 2 is 1.89 bits per heavy atom. The van der Waals surface area contributed by atoms with Gasteiger partial charge < -0.3 is 14.8 Å². The van der Waals surface area contributed by atoms with Crippen molar-refractivity contribution in [1.82, 2.24) is 20.3 Å². The summed E-state index contributed by atoms with van der Waals surface area (Å²) in [6.45, 7) is 1.09. The monoisotopic (exact) mass is 518 g/mol. The Hall–Kier alpha value is -3.05. The zero-order chi connectivity index (χ0) is 25.1. The Bertz CT molecular complexity index is 1210. The van der Waals surface area contributed by atoms with Crippen molar-refractivity contribution in [1.29, 1.82) is 0 Å². The summed E-state index contributed by atoms with van der Waals surface area (Å²) in [6, 6.07) is 5.28. The third-order valence-electron chi connectivity index (χ3n) is 6.32. The van der Waals surface area contributed by atoms with E-state index >= 15 is 0 Å². The largest absolute Gasteiger partial charge is 0.491 e. The van der Waals surface area contributed by atoms with E-state index in [1.54, 1.807) is 23.5 Å². The van der Waals surface area contributed by atoms with Crippen LogP contribution in [0, 0.1) is 0 Å². The fourth-order valence-electron chi connectivity index (χ4n) is 4.08. The Morgan fingerprint density at radius 1 is 1.08 bits per heavy atom. The molecule has 0 unspecified atom stereocenters. The average molecular weight is 519 g/mol. The van der Waals surface area contributed by atoms with Crippen LogP contribution in [0.4, 0.5) is 13.2 Å². The number of thiazole rings is 1. The predicted molar refractivity (Wildman–Crippen MR) is 127 cm³/mol. The molecule has 2 aromatic heterocycles. The highest BCUT2D eigenvalue weighted by atomic mass is 32.1. The maximum Gasteiger partial charge on any atom is 0.451 e. The third kappa shape index (κ3) is 5.84. The number of nitrogens with one attached hydrogen (secondary N) is 1. The number of ether oxygens (including phenoxy) is 2. The van der Waals surface area contributed by atoms with Gasteiger partial charge in [-0.3, -0.25) is 4.79 Å². The van der Waals surface area contributed by atoms with Crippen molar-refractivity contribution >= 4 is 17.2 Å². The number of amides is 1. The number of hydrogen-bond acceptors (Lipinski definition) is 7. The molecule has 1 N–H and O–H groups in total. The van der Waals surface area contributed by atoms with Crippen molar-refractivity contribution in [3.05, 3.63) is 58.6 Å². The SMILES string of the molecule is O=C(NCc1cnc(C(F)(F)F)nc1)c1cc(OC[C@@H]2CCCO2)cc(-c2ncc(C3CCC3)s2)c1. The lowest BCUT2D eigenvalue weighted by molar-refractivity contribution is -0.145. The van der Waals surface area contributed by atoms with Gasteiger partial charge in [0.1, 0.15) is 17.4 Å². The topological polar surface area (TPSA) is 86.2 Å². The summed E-state index contributed by atoms with van der Waals surface area (Å²) in [5, 5.41) is 3.53. The molecule has 1 saturated carbocycles. The molecule has 1 aliphatic carbocycles. The number of nitrogens with zero attached hydrogens (tertiary/aromatic N) is 3. The molecule has 1 aliphatic heterocycles. The van der Waals surface area contributed by atoms with Crippen molar-refractivity contribution in [3.8, 4) is 16.3 Å². The minimum absolute atomic E-state index is 0.0175. The van der Waals surface area contributed by atoms with Crippen molar-refractivity contribution in [2.45, 2.75) is 56.8 Å². The van der Waals surface area contributed by atoms with Gasteiger partial charge >= 0.3 is 6.18 Å². The number of carbonyl (C=O) groups is 1. The van der Waals surface area contributed by atoms with E-state index in [9.17, 15) is 18.0 Å². The second-order valence-corrected chi connectivity index (χ2v) is 10.0. The minimum atomic E-state index is -4.61. The predicted octanol–water partition coefficient (Wildman–Crippen LogP) is 5.37. The van der Waals surface area contributed by atoms with Crippen LogP contribution in [0.5, 0.6) is 5.75 Å². The lowest BCUT2D eigenvalue weighted by Gasteiger charge is -2.23. The first-order chi connectivity index (χ1) is 17.3. The molecule has 3 heterocycles. The normalized spacial score (nSPS) is 18.1. The Morgan fingerprint density at radius 3 is 2.56 bits per heavy atom. The Labute approximate surface area is 210 Å². The van der Waals surface area contributed by atoms with Crippen LogP contribution >= 0.6 is 11.3 Å². The summed E-state index contributed by atoms with van der Waals surface area (Å²) in [6.07, 6.45) is 4.94. The van der Waals surface area contributed by atoms with E-state index in [0.717, 1.165) is 42.4 Å².